The van der Waals surface area contributed by atoms with Crippen LogP contribution in [-0.2, 0) is 30.5 Å². The molecule has 4 aliphatic rings. The number of aryl methyl sites for hydroxylation is 1. The van der Waals surface area contributed by atoms with Crippen molar-refractivity contribution in [3.05, 3.63) is 59.7 Å². The van der Waals surface area contributed by atoms with Gasteiger partial charge in [-0.15, -0.1) is 0 Å². The Hall–Kier alpha value is -4.74. The van der Waals surface area contributed by atoms with E-state index in [1.807, 2.05) is 31.2 Å². The Labute approximate surface area is 312 Å². The normalized spacial score (nSPS) is 22.0. The van der Waals surface area contributed by atoms with Crippen LogP contribution in [0.15, 0.2) is 48.5 Å². The van der Waals surface area contributed by atoms with Crippen molar-refractivity contribution in [1.82, 2.24) is 15.5 Å². The molecule has 2 aromatic rings. The van der Waals surface area contributed by atoms with Gasteiger partial charge in [0.1, 0.15) is 6.04 Å². The molecule has 0 heterocycles. The van der Waals surface area contributed by atoms with E-state index in [0.717, 1.165) is 48.6 Å². The standard InChI is InChI=1S/C41H55N5O7/c1-25-10-8-9-11-33(25)44-40(53)42-32-16-14-27(15-17-32)24-46(41(3,4)26(2)47)36(49)13-7-5-6-12-35(48)43-34(23-37(50)51)39(52)45-38-30-19-28-18-29(21-30)22-31(38)20-28/h8-11,14-17,28-31,34,38H,5-7,12-13,18-24H2,1-4H3,(H,43,48)(H,45,52)(H,50,51)(H2,42,44,53)/t28?,29?,30?,31?,34-,38?/m0/s1. The molecule has 0 spiro atoms. The van der Waals surface area contributed by atoms with E-state index in [4.69, 9.17) is 0 Å². The van der Waals surface area contributed by atoms with Gasteiger partial charge in [-0.25, -0.2) is 4.79 Å². The molecule has 0 aromatic heterocycles. The number of Topliss-reactive ketones (excluding diaryl/α,β-unsaturated/α-hetero) is 1. The minimum Gasteiger partial charge on any atom is -0.481 e. The number of ketones is 1. The third kappa shape index (κ3) is 10.4. The second kappa shape index (κ2) is 17.4. The summed E-state index contributed by atoms with van der Waals surface area (Å²) >= 11 is 0. The predicted octanol–water partition coefficient (Wildman–Crippen LogP) is 6.19. The summed E-state index contributed by atoms with van der Waals surface area (Å²) in [6.45, 7) is 7.00. The molecule has 4 saturated carbocycles. The summed E-state index contributed by atoms with van der Waals surface area (Å²) in [5.74, 6) is 0.0277. The Balaban J connectivity index is 1.07. The van der Waals surface area contributed by atoms with Crippen molar-refractivity contribution in [2.24, 2.45) is 23.7 Å². The number of para-hydroxylation sites is 1. The van der Waals surface area contributed by atoms with E-state index in [-0.39, 0.29) is 43.1 Å². The van der Waals surface area contributed by atoms with Crippen LogP contribution in [0, 0.1) is 30.6 Å². The van der Waals surface area contributed by atoms with Gasteiger partial charge in [0.15, 0.2) is 5.78 Å². The monoisotopic (exact) mass is 729 g/mol. The highest BCUT2D eigenvalue weighted by Gasteiger charge is 2.49. The highest BCUT2D eigenvalue weighted by atomic mass is 16.4. The van der Waals surface area contributed by atoms with Crippen LogP contribution in [0.25, 0.3) is 0 Å². The molecule has 0 aliphatic heterocycles. The van der Waals surface area contributed by atoms with Gasteiger partial charge in [-0.1, -0.05) is 36.8 Å². The van der Waals surface area contributed by atoms with Crippen LogP contribution in [0.1, 0.15) is 103 Å². The molecule has 2 aromatic carbocycles. The molecule has 286 valence electrons. The summed E-state index contributed by atoms with van der Waals surface area (Å²) in [6, 6.07) is 13.1. The summed E-state index contributed by atoms with van der Waals surface area (Å²) in [4.78, 5) is 77.9. The summed E-state index contributed by atoms with van der Waals surface area (Å²) in [5.41, 5.74) is 1.96. The van der Waals surface area contributed by atoms with Crippen LogP contribution in [0.2, 0.25) is 0 Å². The number of unbranched alkanes of at least 4 members (excludes halogenated alkanes) is 2. The lowest BCUT2D eigenvalue weighted by Gasteiger charge is -2.54. The summed E-state index contributed by atoms with van der Waals surface area (Å²) in [6.07, 6.45) is 7.04. The van der Waals surface area contributed by atoms with E-state index in [9.17, 15) is 33.9 Å². The Morgan fingerprint density at radius 1 is 0.830 bits per heavy atom. The fourth-order valence-electron chi connectivity index (χ4n) is 8.61. The van der Waals surface area contributed by atoms with Crippen LogP contribution in [0.3, 0.4) is 0 Å². The second-order valence-corrected chi connectivity index (χ2v) is 15.9. The van der Waals surface area contributed by atoms with Crippen LogP contribution < -0.4 is 21.3 Å². The number of aliphatic carboxylic acids is 1. The Morgan fingerprint density at radius 3 is 2.06 bits per heavy atom. The van der Waals surface area contributed by atoms with Crippen molar-refractivity contribution in [3.63, 3.8) is 0 Å². The first-order valence-electron chi connectivity index (χ1n) is 19.0. The number of urea groups is 1. The molecule has 4 aliphatic carbocycles. The molecular weight excluding hydrogens is 674 g/mol. The van der Waals surface area contributed by atoms with Crippen molar-refractivity contribution in [1.29, 1.82) is 0 Å². The third-order valence-corrected chi connectivity index (χ3v) is 11.6. The number of carbonyl (C=O) groups is 6. The largest absolute Gasteiger partial charge is 0.481 e. The van der Waals surface area contributed by atoms with Crippen molar-refractivity contribution < 1.29 is 33.9 Å². The zero-order chi connectivity index (χ0) is 38.3. The van der Waals surface area contributed by atoms with Gasteiger partial charge in [0.25, 0.3) is 0 Å². The van der Waals surface area contributed by atoms with Gasteiger partial charge >= 0.3 is 12.0 Å². The SMILES string of the molecule is CC(=O)C(C)(C)N(Cc1ccc(NC(=O)Nc2ccccc2C)cc1)C(=O)CCCCCC(=O)N[C@@H](CC(=O)O)C(=O)NC1C2CC3CC(C2)CC1C3. The Bertz CT molecular complexity index is 1640. The number of benzene rings is 2. The average molecular weight is 730 g/mol. The van der Waals surface area contributed by atoms with Gasteiger partial charge < -0.3 is 31.3 Å². The fraction of sp³-hybridized carbons (Fsp3) is 0.561. The van der Waals surface area contributed by atoms with E-state index in [1.54, 1.807) is 43.0 Å². The van der Waals surface area contributed by atoms with Crippen LogP contribution in [0.5, 0.6) is 0 Å². The number of hydrogen-bond acceptors (Lipinski definition) is 6. The van der Waals surface area contributed by atoms with E-state index in [2.05, 4.69) is 21.3 Å². The molecule has 5 amide bonds. The van der Waals surface area contributed by atoms with Gasteiger partial charge in [0.2, 0.25) is 17.7 Å². The number of carboxylic acids is 1. The summed E-state index contributed by atoms with van der Waals surface area (Å²) in [5, 5.41) is 20.9. The zero-order valence-electron chi connectivity index (χ0n) is 31.4. The number of carbonyl (C=O) groups excluding carboxylic acids is 5. The smallest absolute Gasteiger partial charge is 0.323 e. The quantitative estimate of drug-likeness (QED) is 0.121. The fourth-order valence-corrected chi connectivity index (χ4v) is 8.61. The number of nitrogens with zero attached hydrogens (tertiary/aromatic N) is 1. The molecular formula is C41H55N5O7. The number of amides is 5. The molecule has 5 N–H and O–H groups in total. The van der Waals surface area contributed by atoms with Crippen LogP contribution in [0.4, 0.5) is 16.2 Å². The first kappa shape index (κ1) is 39.5. The topological polar surface area (TPSA) is 174 Å². The minimum absolute atomic E-state index is 0.0489. The molecule has 0 radical (unpaired) electrons. The number of rotatable bonds is 17. The van der Waals surface area contributed by atoms with Crippen molar-refractivity contribution in [2.75, 3.05) is 10.6 Å². The maximum Gasteiger partial charge on any atom is 0.323 e. The molecule has 12 nitrogen and oxygen atoms in total. The van der Waals surface area contributed by atoms with E-state index in [0.29, 0.717) is 42.5 Å². The maximum absolute atomic E-state index is 13.5. The zero-order valence-corrected chi connectivity index (χ0v) is 31.4. The van der Waals surface area contributed by atoms with Crippen molar-refractivity contribution >= 4 is 46.9 Å². The van der Waals surface area contributed by atoms with Crippen LogP contribution in [-0.4, -0.2) is 63.1 Å². The van der Waals surface area contributed by atoms with Crippen molar-refractivity contribution in [2.45, 2.75) is 122 Å². The van der Waals surface area contributed by atoms with Crippen molar-refractivity contribution in [3.8, 4) is 0 Å². The highest BCUT2D eigenvalue weighted by Crippen LogP contribution is 2.53. The molecule has 4 bridgehead atoms. The predicted molar refractivity (Wildman–Crippen MR) is 202 cm³/mol. The van der Waals surface area contributed by atoms with Gasteiger partial charge in [-0.2, -0.15) is 0 Å². The van der Waals surface area contributed by atoms with E-state index >= 15 is 0 Å². The van der Waals surface area contributed by atoms with Crippen LogP contribution >= 0.6 is 0 Å². The number of carboxylic acid groups (broad SMARTS) is 1. The molecule has 12 heteroatoms. The Morgan fingerprint density at radius 2 is 1.45 bits per heavy atom. The first-order valence-corrected chi connectivity index (χ1v) is 19.0. The lowest BCUT2D eigenvalue weighted by molar-refractivity contribution is -0.145. The third-order valence-electron chi connectivity index (χ3n) is 11.6. The second-order valence-electron chi connectivity index (χ2n) is 15.9. The summed E-state index contributed by atoms with van der Waals surface area (Å²) in [7, 11) is 0. The Kier molecular flexibility index (Phi) is 13.0. The number of anilines is 2. The van der Waals surface area contributed by atoms with E-state index in [1.165, 1.54) is 13.3 Å². The lowest BCUT2D eigenvalue weighted by atomic mass is 9.54. The highest BCUT2D eigenvalue weighted by molar-refractivity contribution is 6.00. The minimum atomic E-state index is -1.15. The molecule has 53 heavy (non-hydrogen) atoms. The first-order chi connectivity index (χ1) is 25.2. The van der Waals surface area contributed by atoms with Gasteiger partial charge in [-0.05, 0) is 126 Å². The lowest BCUT2D eigenvalue weighted by Crippen LogP contribution is -2.59. The van der Waals surface area contributed by atoms with Gasteiger partial charge in [0, 0.05) is 36.8 Å². The van der Waals surface area contributed by atoms with Gasteiger partial charge in [-0.3, -0.25) is 24.0 Å². The maximum atomic E-state index is 13.5. The molecule has 0 unspecified atom stereocenters. The molecule has 0 saturated heterocycles. The van der Waals surface area contributed by atoms with E-state index < -0.39 is 35.8 Å². The summed E-state index contributed by atoms with van der Waals surface area (Å²) < 4.78 is 0. The molecule has 6 rings (SSSR count). The number of hydrogen-bond donors (Lipinski definition) is 5. The molecule has 1 atom stereocenters. The molecule has 4 fully saturated rings. The average Bonchev–Trinajstić information content (AvgIpc) is 3.09. The number of nitrogens with one attached hydrogen (secondary N) is 4. The van der Waals surface area contributed by atoms with Gasteiger partial charge in [0.05, 0.1) is 12.0 Å².